The molecule has 2 aliphatic rings. The van der Waals surface area contributed by atoms with Crippen molar-refractivity contribution in [1.82, 2.24) is 15.1 Å². The number of piperazine rings is 1. The minimum atomic E-state index is -1.14. The van der Waals surface area contributed by atoms with Crippen molar-refractivity contribution in [2.24, 2.45) is 11.7 Å². The van der Waals surface area contributed by atoms with Crippen molar-refractivity contribution in [3.63, 3.8) is 0 Å². The Morgan fingerprint density at radius 1 is 1.08 bits per heavy atom. The van der Waals surface area contributed by atoms with Gasteiger partial charge < -0.3 is 25.6 Å². The van der Waals surface area contributed by atoms with Gasteiger partial charge in [-0.05, 0) is 37.8 Å². The minimum Gasteiger partial charge on any atom is -0.374 e. The predicted molar refractivity (Wildman–Crippen MR) is 141 cm³/mol. The molecule has 0 saturated carbocycles. The van der Waals surface area contributed by atoms with E-state index >= 15 is 0 Å². The summed E-state index contributed by atoms with van der Waals surface area (Å²) in [5.74, 6) is -0.591. The molecule has 0 bridgehead atoms. The van der Waals surface area contributed by atoms with Gasteiger partial charge in [0.15, 0.2) is 0 Å². The number of amides is 3. The number of benzene rings is 2. The van der Waals surface area contributed by atoms with Crippen LogP contribution in [0.5, 0.6) is 0 Å². The smallest absolute Gasteiger partial charge is 0.247 e. The summed E-state index contributed by atoms with van der Waals surface area (Å²) in [6.07, 6.45) is 1.35. The number of fused-ring (bicyclic) bond motifs is 1. The van der Waals surface area contributed by atoms with Gasteiger partial charge in [-0.2, -0.15) is 0 Å². The number of nitrogens with two attached hydrogens (primary N) is 1. The van der Waals surface area contributed by atoms with Crippen LogP contribution in [0.25, 0.3) is 0 Å². The topological polar surface area (TPSA) is 105 Å². The van der Waals surface area contributed by atoms with Crippen molar-refractivity contribution in [2.45, 2.75) is 57.3 Å². The molecular weight excluding hydrogens is 468 g/mol. The highest BCUT2D eigenvalue weighted by Crippen LogP contribution is 2.39. The molecule has 0 radical (unpaired) electrons. The monoisotopic (exact) mass is 506 g/mol. The maximum absolute atomic E-state index is 13.8. The van der Waals surface area contributed by atoms with Gasteiger partial charge in [0.25, 0.3) is 0 Å². The van der Waals surface area contributed by atoms with Crippen molar-refractivity contribution in [3.8, 4) is 0 Å². The van der Waals surface area contributed by atoms with Gasteiger partial charge in [-0.15, -0.1) is 0 Å². The van der Waals surface area contributed by atoms with Crippen molar-refractivity contribution in [2.75, 3.05) is 26.2 Å². The maximum Gasteiger partial charge on any atom is 0.247 e. The van der Waals surface area contributed by atoms with Gasteiger partial charge in [0.2, 0.25) is 17.7 Å². The second-order valence-electron chi connectivity index (χ2n) is 11.0. The summed E-state index contributed by atoms with van der Waals surface area (Å²) in [4.78, 5) is 43.4. The molecule has 3 atom stereocenters. The summed E-state index contributed by atoms with van der Waals surface area (Å²) in [6, 6.07) is 18.9. The van der Waals surface area contributed by atoms with E-state index in [2.05, 4.69) is 17.4 Å². The second kappa shape index (κ2) is 11.0. The Morgan fingerprint density at radius 3 is 2.32 bits per heavy atom. The Hall–Kier alpha value is -3.23. The summed E-state index contributed by atoms with van der Waals surface area (Å²) >= 11 is 0. The lowest BCUT2D eigenvalue weighted by atomic mass is 9.84. The fraction of sp³-hybridized carbons (Fsp3) is 0.483. The Morgan fingerprint density at radius 2 is 1.70 bits per heavy atom. The third kappa shape index (κ3) is 6.19. The molecule has 2 fully saturated rings. The molecule has 0 unspecified atom stereocenters. The van der Waals surface area contributed by atoms with E-state index in [0.29, 0.717) is 39.1 Å². The average molecular weight is 507 g/mol. The Balaban J connectivity index is 1.53. The first-order valence-electron chi connectivity index (χ1n) is 12.9. The maximum atomic E-state index is 13.8. The van der Waals surface area contributed by atoms with Crippen LogP contribution in [0.3, 0.4) is 0 Å². The van der Waals surface area contributed by atoms with Crippen LogP contribution in [0.2, 0.25) is 0 Å². The van der Waals surface area contributed by atoms with Crippen molar-refractivity contribution in [1.29, 1.82) is 0 Å². The first kappa shape index (κ1) is 26.8. The largest absolute Gasteiger partial charge is 0.374 e. The zero-order valence-electron chi connectivity index (χ0n) is 22.0. The number of carbonyl (C=O) groups is 3. The van der Waals surface area contributed by atoms with Crippen LogP contribution >= 0.6 is 0 Å². The van der Waals surface area contributed by atoms with E-state index in [1.165, 1.54) is 0 Å². The Kier molecular flexibility index (Phi) is 7.99. The van der Waals surface area contributed by atoms with Crippen LogP contribution in [0.15, 0.2) is 60.7 Å². The molecule has 37 heavy (non-hydrogen) atoms. The molecule has 3 amide bonds. The van der Waals surface area contributed by atoms with Crippen molar-refractivity contribution in [3.05, 3.63) is 71.8 Å². The molecule has 3 N–H and O–H groups in total. The third-order valence-electron chi connectivity index (χ3n) is 7.30. The van der Waals surface area contributed by atoms with Gasteiger partial charge in [-0.25, -0.2) is 0 Å². The Labute approximate surface area is 219 Å². The SMILES string of the molecule is C[C@@H]1C[C@]2(Cc3ccccc3)CN(C(=O)[C@@H](COCc3ccccc3)NC(=O)C(C)(C)N)CCN2C1=O. The second-order valence-corrected chi connectivity index (χ2v) is 11.0. The highest BCUT2D eigenvalue weighted by molar-refractivity contribution is 5.92. The molecule has 8 nitrogen and oxygen atoms in total. The average Bonchev–Trinajstić information content (AvgIpc) is 3.12. The lowest BCUT2D eigenvalue weighted by Gasteiger charge is -2.48. The van der Waals surface area contributed by atoms with E-state index in [1.807, 2.05) is 60.4 Å². The van der Waals surface area contributed by atoms with Gasteiger partial charge in [0.05, 0.1) is 24.3 Å². The molecule has 0 spiro atoms. The number of carbonyl (C=O) groups excluding carboxylic acids is 3. The first-order chi connectivity index (χ1) is 17.6. The number of rotatable bonds is 9. The van der Waals surface area contributed by atoms with E-state index in [1.54, 1.807) is 18.7 Å². The quantitative estimate of drug-likeness (QED) is 0.542. The minimum absolute atomic E-state index is 0.0246. The first-order valence-corrected chi connectivity index (χ1v) is 12.9. The Bertz CT molecular complexity index is 1100. The zero-order valence-corrected chi connectivity index (χ0v) is 22.0. The molecule has 0 aromatic heterocycles. The molecule has 2 heterocycles. The van der Waals surface area contributed by atoms with E-state index in [0.717, 1.165) is 11.1 Å². The van der Waals surface area contributed by atoms with Crippen LogP contribution in [0, 0.1) is 5.92 Å². The molecular formula is C29H38N4O4. The molecule has 2 aromatic rings. The number of nitrogens with zero attached hydrogens (tertiary/aromatic N) is 2. The lowest BCUT2D eigenvalue weighted by Crippen LogP contribution is -2.65. The standard InChI is InChI=1S/C29H38N4O4/c1-21-16-29(17-22-10-6-4-7-11-22)20-32(14-15-33(29)25(21)34)26(35)24(31-27(36)28(2,3)30)19-37-18-23-12-8-5-9-13-23/h4-13,21,24H,14-20,30H2,1-3H3,(H,31,36)/t21-,24-,29+/m1/s1. The molecule has 198 valence electrons. The molecule has 2 aromatic carbocycles. The summed E-state index contributed by atoms with van der Waals surface area (Å²) in [7, 11) is 0. The number of nitrogens with one attached hydrogen (secondary N) is 1. The zero-order chi connectivity index (χ0) is 26.6. The molecule has 4 rings (SSSR count). The van der Waals surface area contributed by atoms with Crippen LogP contribution in [-0.2, 0) is 32.1 Å². The van der Waals surface area contributed by atoms with Crippen molar-refractivity contribution < 1.29 is 19.1 Å². The van der Waals surface area contributed by atoms with Gasteiger partial charge in [-0.1, -0.05) is 67.6 Å². The normalized spacial score (nSPS) is 22.5. The van der Waals surface area contributed by atoms with Gasteiger partial charge in [0.1, 0.15) is 6.04 Å². The van der Waals surface area contributed by atoms with E-state index in [9.17, 15) is 14.4 Å². The van der Waals surface area contributed by atoms with Crippen LogP contribution in [0.1, 0.15) is 38.3 Å². The third-order valence-corrected chi connectivity index (χ3v) is 7.30. The highest BCUT2D eigenvalue weighted by atomic mass is 16.5. The fourth-order valence-corrected chi connectivity index (χ4v) is 5.42. The van der Waals surface area contributed by atoms with E-state index < -0.39 is 23.0 Å². The number of hydrogen-bond acceptors (Lipinski definition) is 5. The summed E-state index contributed by atoms with van der Waals surface area (Å²) in [5.41, 5.74) is 6.51. The van der Waals surface area contributed by atoms with Gasteiger partial charge >= 0.3 is 0 Å². The summed E-state index contributed by atoms with van der Waals surface area (Å²) in [6.45, 7) is 6.81. The van der Waals surface area contributed by atoms with Gasteiger partial charge in [-0.3, -0.25) is 14.4 Å². The molecule has 2 aliphatic heterocycles. The predicted octanol–water partition coefficient (Wildman–Crippen LogP) is 2.12. The van der Waals surface area contributed by atoms with Crippen LogP contribution in [-0.4, -0.2) is 70.9 Å². The van der Waals surface area contributed by atoms with E-state index in [-0.39, 0.29) is 24.3 Å². The summed E-state index contributed by atoms with van der Waals surface area (Å²) < 4.78 is 5.88. The molecule has 2 saturated heterocycles. The van der Waals surface area contributed by atoms with E-state index in [4.69, 9.17) is 10.5 Å². The molecule has 8 heteroatoms. The van der Waals surface area contributed by atoms with Crippen LogP contribution < -0.4 is 11.1 Å². The summed E-state index contributed by atoms with van der Waals surface area (Å²) in [5, 5.41) is 2.82. The lowest BCUT2D eigenvalue weighted by molar-refractivity contribution is -0.147. The van der Waals surface area contributed by atoms with Crippen molar-refractivity contribution >= 4 is 17.7 Å². The number of ether oxygens (including phenoxy) is 1. The number of hydrogen-bond donors (Lipinski definition) is 2. The molecule has 0 aliphatic carbocycles. The highest BCUT2D eigenvalue weighted by Gasteiger charge is 2.53. The fourth-order valence-electron chi connectivity index (χ4n) is 5.42. The van der Waals surface area contributed by atoms with Crippen LogP contribution in [0.4, 0.5) is 0 Å². The van der Waals surface area contributed by atoms with Gasteiger partial charge in [0, 0.05) is 25.6 Å².